The number of nitrogens with two attached hydrogens (primary N) is 1. The number of ether oxygens (including phenoxy) is 1. The van der Waals surface area contributed by atoms with Gasteiger partial charge in [0.05, 0.1) is 13.0 Å². The topological polar surface area (TPSA) is 52.3 Å². The van der Waals surface area contributed by atoms with Gasteiger partial charge in [-0.3, -0.25) is 4.79 Å². The predicted octanol–water partition coefficient (Wildman–Crippen LogP) is 2.14. The van der Waals surface area contributed by atoms with Crippen molar-refractivity contribution in [2.24, 2.45) is 0 Å². The maximum Gasteiger partial charge on any atom is 0.310 e. The molecule has 0 aromatic heterocycles. The highest BCUT2D eigenvalue weighted by atomic mass is 79.9. The number of carbonyl (C=O) groups is 1. The minimum Gasteiger partial charge on any atom is -0.466 e. The van der Waals surface area contributed by atoms with E-state index in [2.05, 4.69) is 15.9 Å². The monoisotopic (exact) mass is 257 g/mol. The molecule has 1 aromatic rings. The zero-order valence-corrected chi connectivity index (χ0v) is 9.50. The van der Waals surface area contributed by atoms with Crippen LogP contribution in [-0.4, -0.2) is 12.6 Å². The molecule has 0 aliphatic carbocycles. The first-order valence-corrected chi connectivity index (χ1v) is 5.12. The van der Waals surface area contributed by atoms with Gasteiger partial charge in [-0.15, -0.1) is 0 Å². The standard InChI is InChI=1S/C10H12BrNO2/c1-2-14-10(13)6-7-5-8(12)3-4-9(7)11/h3-5H,2,6,12H2,1H3. The molecule has 0 unspecified atom stereocenters. The molecule has 0 aliphatic rings. The molecule has 0 heterocycles. The molecule has 0 saturated carbocycles. The molecule has 1 rings (SSSR count). The van der Waals surface area contributed by atoms with Gasteiger partial charge in [0.1, 0.15) is 0 Å². The fourth-order valence-electron chi connectivity index (χ4n) is 1.10. The van der Waals surface area contributed by atoms with Gasteiger partial charge in [-0.25, -0.2) is 0 Å². The van der Waals surface area contributed by atoms with E-state index in [1.165, 1.54) is 0 Å². The first-order chi connectivity index (χ1) is 6.63. The summed E-state index contributed by atoms with van der Waals surface area (Å²) in [6.07, 6.45) is 0.249. The fraction of sp³-hybridized carbons (Fsp3) is 0.300. The van der Waals surface area contributed by atoms with Crippen molar-refractivity contribution < 1.29 is 9.53 Å². The second-order valence-corrected chi connectivity index (χ2v) is 3.69. The van der Waals surface area contributed by atoms with E-state index in [1.54, 1.807) is 19.1 Å². The summed E-state index contributed by atoms with van der Waals surface area (Å²) >= 11 is 3.35. The number of nitrogen functional groups attached to an aromatic ring is 1. The molecular weight excluding hydrogens is 246 g/mol. The van der Waals surface area contributed by atoms with Gasteiger partial charge in [0, 0.05) is 10.2 Å². The molecule has 0 fully saturated rings. The first-order valence-electron chi connectivity index (χ1n) is 4.33. The third-order valence-corrected chi connectivity index (χ3v) is 2.48. The average molecular weight is 258 g/mol. The lowest BCUT2D eigenvalue weighted by Gasteiger charge is -2.05. The van der Waals surface area contributed by atoms with Crippen LogP contribution < -0.4 is 5.73 Å². The minimum absolute atomic E-state index is 0.237. The predicted molar refractivity (Wildman–Crippen MR) is 58.9 cm³/mol. The molecule has 1 aromatic carbocycles. The second-order valence-electron chi connectivity index (χ2n) is 2.83. The normalized spacial score (nSPS) is 9.86. The maximum atomic E-state index is 11.2. The Labute approximate surface area is 91.4 Å². The zero-order valence-electron chi connectivity index (χ0n) is 7.92. The van der Waals surface area contributed by atoms with Crippen molar-refractivity contribution in [1.82, 2.24) is 0 Å². The summed E-state index contributed by atoms with van der Waals surface area (Å²) in [5.41, 5.74) is 7.10. The van der Waals surface area contributed by atoms with Crippen molar-refractivity contribution in [1.29, 1.82) is 0 Å². The number of rotatable bonds is 3. The lowest BCUT2D eigenvalue weighted by Crippen LogP contribution is -2.08. The van der Waals surface area contributed by atoms with E-state index in [1.807, 2.05) is 6.07 Å². The van der Waals surface area contributed by atoms with Crippen molar-refractivity contribution >= 4 is 27.6 Å². The Balaban J connectivity index is 2.75. The Morgan fingerprint density at radius 1 is 1.57 bits per heavy atom. The smallest absolute Gasteiger partial charge is 0.310 e. The molecule has 0 aliphatic heterocycles. The van der Waals surface area contributed by atoms with E-state index in [4.69, 9.17) is 10.5 Å². The Morgan fingerprint density at radius 2 is 2.29 bits per heavy atom. The molecule has 0 spiro atoms. The van der Waals surface area contributed by atoms with Crippen molar-refractivity contribution in [2.45, 2.75) is 13.3 Å². The first kappa shape index (κ1) is 11.0. The van der Waals surface area contributed by atoms with Gasteiger partial charge in [0.25, 0.3) is 0 Å². The van der Waals surface area contributed by atoms with E-state index >= 15 is 0 Å². The van der Waals surface area contributed by atoms with Gasteiger partial charge in [-0.05, 0) is 30.7 Å². The summed E-state index contributed by atoms with van der Waals surface area (Å²) in [5, 5.41) is 0. The summed E-state index contributed by atoms with van der Waals surface area (Å²) in [5.74, 6) is -0.237. The molecule has 0 atom stereocenters. The van der Waals surface area contributed by atoms with Crippen molar-refractivity contribution in [3.05, 3.63) is 28.2 Å². The third kappa shape index (κ3) is 3.03. The summed E-state index contributed by atoms with van der Waals surface area (Å²) in [6, 6.07) is 5.36. The van der Waals surface area contributed by atoms with Gasteiger partial charge in [-0.2, -0.15) is 0 Å². The summed E-state index contributed by atoms with van der Waals surface area (Å²) in [4.78, 5) is 11.2. The van der Waals surface area contributed by atoms with Crippen LogP contribution in [0.25, 0.3) is 0 Å². The second kappa shape index (κ2) is 5.00. The van der Waals surface area contributed by atoms with Gasteiger partial charge in [-0.1, -0.05) is 15.9 Å². The SMILES string of the molecule is CCOC(=O)Cc1cc(N)ccc1Br. The Morgan fingerprint density at radius 3 is 2.93 bits per heavy atom. The number of esters is 1. The number of anilines is 1. The van der Waals surface area contributed by atoms with Crippen LogP contribution in [0.1, 0.15) is 12.5 Å². The van der Waals surface area contributed by atoms with Crippen LogP contribution in [0.3, 0.4) is 0 Å². The molecule has 2 N–H and O–H groups in total. The van der Waals surface area contributed by atoms with E-state index < -0.39 is 0 Å². The van der Waals surface area contributed by atoms with Crippen LogP contribution in [0.15, 0.2) is 22.7 Å². The van der Waals surface area contributed by atoms with Crippen LogP contribution in [-0.2, 0) is 16.0 Å². The Kier molecular flexibility index (Phi) is 3.95. The van der Waals surface area contributed by atoms with E-state index in [-0.39, 0.29) is 12.4 Å². The summed E-state index contributed by atoms with van der Waals surface area (Å²) < 4.78 is 5.71. The number of benzene rings is 1. The molecule has 4 heteroatoms. The highest BCUT2D eigenvalue weighted by Gasteiger charge is 2.07. The Bertz CT molecular complexity index is 339. The van der Waals surface area contributed by atoms with Gasteiger partial charge in [0.15, 0.2) is 0 Å². The molecular formula is C10H12BrNO2. The summed E-state index contributed by atoms with van der Waals surface area (Å²) in [6.45, 7) is 2.19. The Hall–Kier alpha value is -1.03. The molecule has 14 heavy (non-hydrogen) atoms. The average Bonchev–Trinajstić information content (AvgIpc) is 2.12. The summed E-state index contributed by atoms with van der Waals surface area (Å²) in [7, 11) is 0. The number of hydrogen-bond donors (Lipinski definition) is 1. The molecule has 0 saturated heterocycles. The van der Waals surface area contributed by atoms with Gasteiger partial charge < -0.3 is 10.5 Å². The fourth-order valence-corrected chi connectivity index (χ4v) is 1.48. The number of hydrogen-bond acceptors (Lipinski definition) is 3. The van der Waals surface area contributed by atoms with Crippen LogP contribution >= 0.6 is 15.9 Å². The van der Waals surface area contributed by atoms with Gasteiger partial charge >= 0.3 is 5.97 Å². The van der Waals surface area contributed by atoms with Crippen molar-refractivity contribution in [3.8, 4) is 0 Å². The van der Waals surface area contributed by atoms with Crippen LogP contribution in [0.4, 0.5) is 5.69 Å². The zero-order chi connectivity index (χ0) is 10.6. The van der Waals surface area contributed by atoms with Crippen LogP contribution in [0.5, 0.6) is 0 Å². The van der Waals surface area contributed by atoms with Gasteiger partial charge in [0.2, 0.25) is 0 Å². The maximum absolute atomic E-state index is 11.2. The highest BCUT2D eigenvalue weighted by Crippen LogP contribution is 2.20. The highest BCUT2D eigenvalue weighted by molar-refractivity contribution is 9.10. The number of carbonyl (C=O) groups excluding carboxylic acids is 1. The lowest BCUT2D eigenvalue weighted by atomic mass is 10.1. The van der Waals surface area contributed by atoms with Crippen molar-refractivity contribution in [2.75, 3.05) is 12.3 Å². The molecule has 0 amide bonds. The largest absolute Gasteiger partial charge is 0.466 e. The minimum atomic E-state index is -0.237. The molecule has 0 radical (unpaired) electrons. The van der Waals surface area contributed by atoms with E-state index in [9.17, 15) is 4.79 Å². The van der Waals surface area contributed by atoms with E-state index in [0.717, 1.165) is 10.0 Å². The molecule has 3 nitrogen and oxygen atoms in total. The van der Waals surface area contributed by atoms with Crippen LogP contribution in [0.2, 0.25) is 0 Å². The van der Waals surface area contributed by atoms with Crippen LogP contribution in [0, 0.1) is 0 Å². The van der Waals surface area contributed by atoms with Crippen molar-refractivity contribution in [3.63, 3.8) is 0 Å². The third-order valence-electron chi connectivity index (χ3n) is 1.71. The quantitative estimate of drug-likeness (QED) is 0.667. The lowest BCUT2D eigenvalue weighted by molar-refractivity contribution is -0.142. The van der Waals surface area contributed by atoms with E-state index in [0.29, 0.717) is 12.3 Å². The molecule has 76 valence electrons. The number of halogens is 1. The molecule has 0 bridgehead atoms.